The highest BCUT2D eigenvalue weighted by atomic mass is 16.5. The Kier molecular flexibility index (Phi) is 2.65. The van der Waals surface area contributed by atoms with Crippen molar-refractivity contribution in [2.45, 2.75) is 26.4 Å². The van der Waals surface area contributed by atoms with Gasteiger partial charge in [-0.05, 0) is 20.8 Å². The van der Waals surface area contributed by atoms with Gasteiger partial charge in [-0.25, -0.2) is 0 Å². The van der Waals surface area contributed by atoms with Crippen LogP contribution in [-0.4, -0.2) is 11.5 Å². The van der Waals surface area contributed by atoms with E-state index in [1.807, 2.05) is 20.8 Å². The van der Waals surface area contributed by atoms with Crippen LogP contribution in [0.15, 0.2) is 0 Å². The SMILES string of the molecule is CC(C)(C)O[CH]C(N)=O. The van der Waals surface area contributed by atoms with Crippen molar-refractivity contribution in [3.05, 3.63) is 6.61 Å². The molecule has 0 aliphatic heterocycles. The topological polar surface area (TPSA) is 52.3 Å². The van der Waals surface area contributed by atoms with E-state index in [4.69, 9.17) is 10.5 Å². The second-order valence-electron chi connectivity index (χ2n) is 2.75. The Morgan fingerprint density at radius 3 is 2.11 bits per heavy atom. The summed E-state index contributed by atoms with van der Waals surface area (Å²) in [7, 11) is 0. The minimum Gasteiger partial charge on any atom is -0.367 e. The molecule has 0 bridgehead atoms. The van der Waals surface area contributed by atoms with Gasteiger partial charge in [0.05, 0.1) is 5.60 Å². The van der Waals surface area contributed by atoms with Crippen molar-refractivity contribution in [3.8, 4) is 0 Å². The summed E-state index contributed by atoms with van der Waals surface area (Å²) in [6.07, 6.45) is 0. The summed E-state index contributed by atoms with van der Waals surface area (Å²) in [6.45, 7) is 6.53. The Hall–Kier alpha value is -0.570. The summed E-state index contributed by atoms with van der Waals surface area (Å²) < 4.78 is 4.89. The van der Waals surface area contributed by atoms with Gasteiger partial charge in [-0.1, -0.05) is 0 Å². The number of rotatable bonds is 2. The zero-order chi connectivity index (χ0) is 7.49. The molecule has 0 rings (SSSR count). The molecule has 0 fully saturated rings. The fourth-order valence-electron chi connectivity index (χ4n) is 0.235. The molecule has 1 amide bonds. The monoisotopic (exact) mass is 130 g/mol. The molecule has 3 heteroatoms. The van der Waals surface area contributed by atoms with Gasteiger partial charge in [0.1, 0.15) is 0 Å². The van der Waals surface area contributed by atoms with Gasteiger partial charge in [0.2, 0.25) is 5.91 Å². The molecule has 0 spiro atoms. The van der Waals surface area contributed by atoms with E-state index in [0.29, 0.717) is 0 Å². The fourth-order valence-corrected chi connectivity index (χ4v) is 0.235. The number of ether oxygens (including phenoxy) is 1. The highest BCUT2D eigenvalue weighted by Crippen LogP contribution is 2.06. The molecule has 3 nitrogen and oxygen atoms in total. The van der Waals surface area contributed by atoms with Crippen LogP contribution in [0.25, 0.3) is 0 Å². The van der Waals surface area contributed by atoms with Crippen molar-refractivity contribution >= 4 is 5.91 Å². The molecule has 1 radical (unpaired) electrons. The van der Waals surface area contributed by atoms with Crippen LogP contribution < -0.4 is 5.73 Å². The zero-order valence-electron chi connectivity index (χ0n) is 5.97. The lowest BCUT2D eigenvalue weighted by Crippen LogP contribution is -2.23. The normalized spacial score (nSPS) is 11.4. The lowest BCUT2D eigenvalue weighted by molar-refractivity contribution is -0.121. The Bertz CT molecular complexity index is 104. The van der Waals surface area contributed by atoms with Crippen molar-refractivity contribution < 1.29 is 9.53 Å². The standard InChI is InChI=1S/C6H12NO2/c1-6(2,3)9-4-5(7)8/h4H,1-3H3,(H2,7,8). The largest absolute Gasteiger partial charge is 0.367 e. The van der Waals surface area contributed by atoms with E-state index >= 15 is 0 Å². The van der Waals surface area contributed by atoms with Crippen LogP contribution >= 0.6 is 0 Å². The first-order valence-corrected chi connectivity index (χ1v) is 2.72. The number of hydrogen-bond acceptors (Lipinski definition) is 2. The second kappa shape index (κ2) is 2.82. The molecule has 0 unspecified atom stereocenters. The van der Waals surface area contributed by atoms with Crippen molar-refractivity contribution in [1.82, 2.24) is 0 Å². The highest BCUT2D eigenvalue weighted by molar-refractivity contribution is 5.81. The van der Waals surface area contributed by atoms with E-state index in [2.05, 4.69) is 0 Å². The van der Waals surface area contributed by atoms with Crippen LogP contribution in [0, 0.1) is 6.61 Å². The first-order valence-electron chi connectivity index (χ1n) is 2.72. The molecule has 0 aromatic heterocycles. The Balaban J connectivity index is 3.39. The van der Waals surface area contributed by atoms with Crippen LogP contribution in [-0.2, 0) is 9.53 Å². The van der Waals surface area contributed by atoms with Gasteiger partial charge < -0.3 is 10.5 Å². The third kappa shape index (κ3) is 7.43. The maximum Gasteiger partial charge on any atom is 0.249 e. The smallest absolute Gasteiger partial charge is 0.249 e. The molecule has 0 saturated carbocycles. The van der Waals surface area contributed by atoms with Gasteiger partial charge in [-0.15, -0.1) is 0 Å². The van der Waals surface area contributed by atoms with Gasteiger partial charge in [-0.2, -0.15) is 0 Å². The lowest BCUT2D eigenvalue weighted by atomic mass is 10.2. The molecule has 0 aromatic rings. The number of carbonyl (C=O) groups excluding carboxylic acids is 1. The van der Waals surface area contributed by atoms with Gasteiger partial charge in [-0.3, -0.25) is 4.79 Å². The second-order valence-corrected chi connectivity index (χ2v) is 2.75. The van der Waals surface area contributed by atoms with Crippen LogP contribution in [0.2, 0.25) is 0 Å². The summed E-state index contributed by atoms with van der Waals surface area (Å²) in [5.41, 5.74) is 4.46. The lowest BCUT2D eigenvalue weighted by Gasteiger charge is -2.16. The third-order valence-electron chi connectivity index (χ3n) is 0.529. The summed E-state index contributed by atoms with van der Waals surface area (Å²) >= 11 is 0. The van der Waals surface area contributed by atoms with Crippen LogP contribution in [0.4, 0.5) is 0 Å². The molecule has 0 aliphatic rings. The van der Waals surface area contributed by atoms with E-state index in [0.717, 1.165) is 6.61 Å². The van der Waals surface area contributed by atoms with Crippen molar-refractivity contribution in [3.63, 3.8) is 0 Å². The maximum atomic E-state index is 10.1. The Labute approximate surface area is 55.2 Å². The number of hydrogen-bond donors (Lipinski definition) is 1. The maximum absolute atomic E-state index is 10.1. The molecular formula is C6H12NO2. The van der Waals surface area contributed by atoms with E-state index in [-0.39, 0.29) is 5.60 Å². The third-order valence-corrected chi connectivity index (χ3v) is 0.529. The predicted octanol–water partition coefficient (Wildman–Crippen LogP) is 0.449. The average Bonchev–Trinajstić information content (AvgIpc) is 1.59. The summed E-state index contributed by atoms with van der Waals surface area (Å²) in [5, 5.41) is 0. The molecule has 0 aromatic carbocycles. The van der Waals surface area contributed by atoms with Crippen molar-refractivity contribution in [2.24, 2.45) is 5.73 Å². The fraction of sp³-hybridized carbons (Fsp3) is 0.667. The average molecular weight is 130 g/mol. The van der Waals surface area contributed by atoms with Crippen LogP contribution in [0.5, 0.6) is 0 Å². The van der Waals surface area contributed by atoms with E-state index in [9.17, 15) is 4.79 Å². The van der Waals surface area contributed by atoms with E-state index < -0.39 is 5.91 Å². The van der Waals surface area contributed by atoms with Crippen LogP contribution in [0.1, 0.15) is 20.8 Å². The van der Waals surface area contributed by atoms with Gasteiger partial charge in [0.15, 0.2) is 6.61 Å². The van der Waals surface area contributed by atoms with Gasteiger partial charge in [0.25, 0.3) is 0 Å². The highest BCUT2D eigenvalue weighted by Gasteiger charge is 2.11. The molecule has 9 heavy (non-hydrogen) atoms. The quantitative estimate of drug-likeness (QED) is 0.590. The number of carbonyl (C=O) groups is 1. The number of nitrogens with two attached hydrogens (primary N) is 1. The molecule has 0 atom stereocenters. The van der Waals surface area contributed by atoms with Gasteiger partial charge in [0, 0.05) is 0 Å². The molecule has 0 saturated heterocycles. The molecule has 0 aliphatic carbocycles. The minimum absolute atomic E-state index is 0.324. The summed E-state index contributed by atoms with van der Waals surface area (Å²) in [6, 6.07) is 0. The molecule has 53 valence electrons. The summed E-state index contributed by atoms with van der Waals surface area (Å²) in [5.74, 6) is -0.551. The van der Waals surface area contributed by atoms with Crippen molar-refractivity contribution in [1.29, 1.82) is 0 Å². The first kappa shape index (κ1) is 8.43. The number of primary amides is 1. The molecule has 0 heterocycles. The predicted molar refractivity (Wildman–Crippen MR) is 34.3 cm³/mol. The molecule has 2 N–H and O–H groups in total. The van der Waals surface area contributed by atoms with Crippen LogP contribution in [0.3, 0.4) is 0 Å². The first-order chi connectivity index (χ1) is 3.92. The van der Waals surface area contributed by atoms with Crippen molar-refractivity contribution in [2.75, 3.05) is 0 Å². The van der Waals surface area contributed by atoms with E-state index in [1.165, 1.54) is 0 Å². The Morgan fingerprint density at radius 2 is 2.00 bits per heavy atom. The Morgan fingerprint density at radius 1 is 1.56 bits per heavy atom. The minimum atomic E-state index is -0.551. The molecular weight excluding hydrogens is 118 g/mol. The number of amides is 1. The van der Waals surface area contributed by atoms with Gasteiger partial charge >= 0.3 is 0 Å². The summed E-state index contributed by atoms with van der Waals surface area (Å²) in [4.78, 5) is 10.1. The van der Waals surface area contributed by atoms with E-state index in [1.54, 1.807) is 0 Å². The zero-order valence-corrected chi connectivity index (χ0v) is 5.97.